The molecule has 0 radical (unpaired) electrons. The monoisotopic (exact) mass is 436 g/mol. The Morgan fingerprint density at radius 1 is 1.32 bits per heavy atom. The van der Waals surface area contributed by atoms with E-state index in [-0.39, 0.29) is 11.3 Å². The van der Waals surface area contributed by atoms with Crippen LogP contribution in [-0.4, -0.2) is 52.2 Å². The number of fused-ring (bicyclic) bond motifs is 4. The minimum absolute atomic E-state index is 0.179. The number of rotatable bonds is 4. The van der Waals surface area contributed by atoms with E-state index in [1.807, 2.05) is 26.2 Å². The van der Waals surface area contributed by atoms with Crippen LogP contribution in [-0.2, 0) is 17.6 Å². The zero-order valence-electron chi connectivity index (χ0n) is 17.9. The number of nitrogens with one attached hydrogen (secondary N) is 2. The number of aryl methyl sites for hydroxylation is 1. The number of aromatic amines is 1. The Kier molecular flexibility index (Phi) is 4.58. The van der Waals surface area contributed by atoms with Crippen molar-refractivity contribution in [1.82, 2.24) is 25.1 Å². The molecule has 0 fully saturated rings. The number of carbonyl (C=O) groups excluding carboxylic acids is 1. The summed E-state index contributed by atoms with van der Waals surface area (Å²) in [5, 5.41) is 12.5. The molecule has 160 valence electrons. The molecule has 0 bridgehead atoms. The first-order chi connectivity index (χ1) is 14.9. The number of carbonyl (C=O) groups is 1. The highest BCUT2D eigenvalue weighted by Gasteiger charge is 2.39. The third-order valence-corrected chi connectivity index (χ3v) is 7.22. The summed E-state index contributed by atoms with van der Waals surface area (Å²) in [6, 6.07) is 3.92. The van der Waals surface area contributed by atoms with Crippen LogP contribution < -0.4 is 10.1 Å². The zero-order chi connectivity index (χ0) is 21.8. The van der Waals surface area contributed by atoms with E-state index in [0.717, 1.165) is 51.9 Å². The molecule has 8 nitrogen and oxygen atoms in total. The standard InChI is InChI=1S/C22H24N6O2S/c1-22(21(29)28(2)3)6-5-13-17(9-22)31-20-18(13)19(23-11-24-20)26-15-7-12-10-25-27-14(12)8-16(15)30-4/h7-8,10-11H,5-6,9H2,1-4H3,(H,25,27)(H,23,24,26)/t22-/m1/s1. The van der Waals surface area contributed by atoms with E-state index >= 15 is 0 Å². The molecule has 0 spiro atoms. The van der Waals surface area contributed by atoms with E-state index in [9.17, 15) is 4.79 Å². The first-order valence-electron chi connectivity index (χ1n) is 10.1. The van der Waals surface area contributed by atoms with Gasteiger partial charge in [0, 0.05) is 30.4 Å². The second-order valence-electron chi connectivity index (χ2n) is 8.48. The van der Waals surface area contributed by atoms with Crippen LogP contribution >= 0.6 is 11.3 Å². The SMILES string of the molecule is COc1cc2[nH]ncc2cc1Nc1ncnc2sc3c(c12)CC[C@@](C)(C(=O)N(C)C)C3. The van der Waals surface area contributed by atoms with Crippen LogP contribution in [0.15, 0.2) is 24.7 Å². The van der Waals surface area contributed by atoms with Gasteiger partial charge in [-0.15, -0.1) is 11.3 Å². The highest BCUT2D eigenvalue weighted by atomic mass is 32.1. The highest BCUT2D eigenvalue weighted by Crippen LogP contribution is 2.45. The fraction of sp³-hybridized carbons (Fsp3) is 0.364. The summed E-state index contributed by atoms with van der Waals surface area (Å²) in [5.74, 6) is 1.64. The summed E-state index contributed by atoms with van der Waals surface area (Å²) in [5.41, 5.74) is 2.59. The molecule has 3 aromatic heterocycles. The first-order valence-corrected chi connectivity index (χ1v) is 11.0. The lowest BCUT2D eigenvalue weighted by atomic mass is 9.74. The van der Waals surface area contributed by atoms with Crippen LogP contribution in [0.4, 0.5) is 11.5 Å². The van der Waals surface area contributed by atoms with Gasteiger partial charge in [-0.1, -0.05) is 6.92 Å². The minimum atomic E-state index is -0.381. The predicted molar refractivity (Wildman–Crippen MR) is 122 cm³/mol. The molecule has 1 aliphatic carbocycles. The maximum absolute atomic E-state index is 12.8. The van der Waals surface area contributed by atoms with Crippen LogP contribution in [0.25, 0.3) is 21.1 Å². The topological polar surface area (TPSA) is 96.0 Å². The summed E-state index contributed by atoms with van der Waals surface area (Å²) in [7, 11) is 5.30. The van der Waals surface area contributed by atoms with Gasteiger partial charge >= 0.3 is 0 Å². The summed E-state index contributed by atoms with van der Waals surface area (Å²) in [6.07, 6.45) is 5.72. The molecule has 1 aliphatic rings. The molecule has 4 aromatic rings. The number of methoxy groups -OCH3 is 1. The number of hydrogen-bond acceptors (Lipinski definition) is 7. The van der Waals surface area contributed by atoms with Gasteiger partial charge in [0.2, 0.25) is 5.91 Å². The lowest BCUT2D eigenvalue weighted by molar-refractivity contribution is -0.139. The fourth-order valence-corrected chi connectivity index (χ4v) is 5.84. The van der Waals surface area contributed by atoms with Crippen molar-refractivity contribution >= 4 is 49.9 Å². The Hall–Kier alpha value is -3.20. The number of ether oxygens (including phenoxy) is 1. The lowest BCUT2D eigenvalue weighted by Gasteiger charge is -2.34. The van der Waals surface area contributed by atoms with Gasteiger partial charge in [0.15, 0.2) is 0 Å². The second kappa shape index (κ2) is 7.19. The van der Waals surface area contributed by atoms with Crippen molar-refractivity contribution in [3.05, 3.63) is 35.1 Å². The predicted octanol–water partition coefficient (Wildman–Crippen LogP) is 3.90. The minimum Gasteiger partial charge on any atom is -0.494 e. The molecule has 9 heteroatoms. The van der Waals surface area contributed by atoms with Gasteiger partial charge in [-0.2, -0.15) is 5.10 Å². The van der Waals surface area contributed by atoms with Gasteiger partial charge < -0.3 is 15.0 Å². The highest BCUT2D eigenvalue weighted by molar-refractivity contribution is 7.19. The average Bonchev–Trinajstić information content (AvgIpc) is 3.35. The van der Waals surface area contributed by atoms with Crippen LogP contribution in [0.2, 0.25) is 0 Å². The number of H-pyrrole nitrogens is 1. The first kappa shape index (κ1) is 19.7. The van der Waals surface area contributed by atoms with Gasteiger partial charge in [-0.3, -0.25) is 9.89 Å². The van der Waals surface area contributed by atoms with E-state index < -0.39 is 0 Å². The van der Waals surface area contributed by atoms with Crippen molar-refractivity contribution in [2.45, 2.75) is 26.2 Å². The summed E-state index contributed by atoms with van der Waals surface area (Å²) < 4.78 is 5.58. The van der Waals surface area contributed by atoms with Crippen LogP contribution in [0.1, 0.15) is 23.8 Å². The van der Waals surface area contributed by atoms with E-state index in [0.29, 0.717) is 5.75 Å². The van der Waals surface area contributed by atoms with Crippen LogP contribution in [0, 0.1) is 5.41 Å². The molecule has 5 rings (SSSR count). The molecular formula is C22H24N6O2S. The molecule has 1 aromatic carbocycles. The van der Waals surface area contributed by atoms with Crippen molar-refractivity contribution in [2.24, 2.45) is 5.41 Å². The molecule has 1 amide bonds. The van der Waals surface area contributed by atoms with E-state index in [2.05, 4.69) is 32.4 Å². The number of hydrogen-bond donors (Lipinski definition) is 2. The molecule has 31 heavy (non-hydrogen) atoms. The lowest BCUT2D eigenvalue weighted by Crippen LogP contribution is -2.41. The molecule has 3 heterocycles. The van der Waals surface area contributed by atoms with Gasteiger partial charge in [-0.25, -0.2) is 9.97 Å². The molecular weight excluding hydrogens is 412 g/mol. The van der Waals surface area contributed by atoms with Crippen LogP contribution in [0.3, 0.4) is 0 Å². The number of anilines is 2. The average molecular weight is 437 g/mol. The summed E-state index contributed by atoms with van der Waals surface area (Å²) >= 11 is 1.66. The summed E-state index contributed by atoms with van der Waals surface area (Å²) in [4.78, 5) is 25.7. The smallest absolute Gasteiger partial charge is 0.228 e. The molecule has 0 saturated heterocycles. The number of benzene rings is 1. The number of nitrogens with zero attached hydrogens (tertiary/aromatic N) is 4. The fourth-order valence-electron chi connectivity index (χ4n) is 4.47. The number of aromatic nitrogens is 4. The molecule has 0 aliphatic heterocycles. The molecule has 0 saturated carbocycles. The van der Waals surface area contributed by atoms with E-state index in [4.69, 9.17) is 4.74 Å². The van der Waals surface area contributed by atoms with Crippen molar-refractivity contribution < 1.29 is 9.53 Å². The normalized spacial score (nSPS) is 18.2. The second-order valence-corrected chi connectivity index (χ2v) is 9.56. The van der Waals surface area contributed by atoms with Gasteiger partial charge in [0.05, 0.1) is 35.3 Å². The Morgan fingerprint density at radius 3 is 2.94 bits per heavy atom. The molecule has 2 N–H and O–H groups in total. The Bertz CT molecular complexity index is 1310. The van der Waals surface area contributed by atoms with E-state index in [1.165, 1.54) is 10.4 Å². The Labute approximate surface area is 183 Å². The Balaban J connectivity index is 1.57. The number of thiophene rings is 1. The number of amides is 1. The van der Waals surface area contributed by atoms with E-state index in [1.54, 1.807) is 35.9 Å². The maximum Gasteiger partial charge on any atom is 0.228 e. The van der Waals surface area contributed by atoms with Gasteiger partial charge in [0.1, 0.15) is 22.7 Å². The van der Waals surface area contributed by atoms with Crippen molar-refractivity contribution in [1.29, 1.82) is 0 Å². The third-order valence-electron chi connectivity index (χ3n) is 6.08. The van der Waals surface area contributed by atoms with Gasteiger partial charge in [0.25, 0.3) is 0 Å². The van der Waals surface area contributed by atoms with Crippen LogP contribution in [0.5, 0.6) is 5.75 Å². The van der Waals surface area contributed by atoms with Crippen molar-refractivity contribution in [2.75, 3.05) is 26.5 Å². The third kappa shape index (κ3) is 3.20. The largest absolute Gasteiger partial charge is 0.494 e. The van der Waals surface area contributed by atoms with Crippen molar-refractivity contribution in [3.63, 3.8) is 0 Å². The zero-order valence-corrected chi connectivity index (χ0v) is 18.8. The van der Waals surface area contributed by atoms with Gasteiger partial charge in [-0.05, 0) is 30.9 Å². The summed E-state index contributed by atoms with van der Waals surface area (Å²) in [6.45, 7) is 2.07. The molecule has 1 atom stereocenters. The molecule has 0 unspecified atom stereocenters. The van der Waals surface area contributed by atoms with Crippen molar-refractivity contribution in [3.8, 4) is 5.75 Å². The quantitative estimate of drug-likeness (QED) is 0.504. The maximum atomic E-state index is 12.8. The Morgan fingerprint density at radius 2 is 2.16 bits per heavy atom.